The third kappa shape index (κ3) is 3.53. The third-order valence-electron chi connectivity index (χ3n) is 2.02. The molecule has 0 aliphatic carbocycles. The first kappa shape index (κ1) is 13.1. The number of carbonyl (C=O) groups excluding carboxylic acids is 2. The Morgan fingerprint density at radius 1 is 1.59 bits per heavy atom. The highest BCUT2D eigenvalue weighted by Gasteiger charge is 2.20. The average molecular weight is 236 g/mol. The van der Waals surface area contributed by atoms with Crippen molar-refractivity contribution in [3.05, 3.63) is 29.6 Å². The number of aliphatic hydroxyl groups is 1. The van der Waals surface area contributed by atoms with Crippen molar-refractivity contribution in [3.8, 4) is 0 Å². The van der Waals surface area contributed by atoms with E-state index in [9.17, 15) is 9.59 Å². The average Bonchev–Trinajstić information content (AvgIpc) is 2.28. The fourth-order valence-electron chi connectivity index (χ4n) is 1.06. The molecule has 0 saturated heterocycles. The van der Waals surface area contributed by atoms with Gasteiger partial charge in [-0.1, -0.05) is 0 Å². The van der Waals surface area contributed by atoms with Gasteiger partial charge in [-0.25, -0.2) is 0 Å². The van der Waals surface area contributed by atoms with Crippen LogP contribution in [0, 0.1) is 6.07 Å². The zero-order valence-electron chi connectivity index (χ0n) is 9.65. The Morgan fingerprint density at radius 3 is 2.76 bits per heavy atom. The van der Waals surface area contributed by atoms with Gasteiger partial charge < -0.3 is 16.2 Å². The number of hydrogen-bond donors (Lipinski definition) is 3. The molecule has 17 heavy (non-hydrogen) atoms. The normalized spacial score (nSPS) is 11.0. The molecule has 0 atom stereocenters. The van der Waals surface area contributed by atoms with Crippen molar-refractivity contribution in [1.29, 1.82) is 0 Å². The van der Waals surface area contributed by atoms with Crippen molar-refractivity contribution in [1.82, 2.24) is 10.3 Å². The van der Waals surface area contributed by atoms with Crippen LogP contribution in [0.15, 0.2) is 12.3 Å². The van der Waals surface area contributed by atoms with Gasteiger partial charge >= 0.3 is 0 Å². The summed E-state index contributed by atoms with van der Waals surface area (Å²) in [5.41, 5.74) is 4.33. The summed E-state index contributed by atoms with van der Waals surface area (Å²) in [6.45, 7) is 3.13. The molecule has 0 saturated carbocycles. The Balaban J connectivity index is 2.90. The van der Waals surface area contributed by atoms with Gasteiger partial charge in [0, 0.05) is 12.3 Å². The summed E-state index contributed by atoms with van der Waals surface area (Å²) in [7, 11) is 0. The number of nitrogens with one attached hydrogen (secondary N) is 1. The van der Waals surface area contributed by atoms with E-state index in [2.05, 4.69) is 16.4 Å². The summed E-state index contributed by atoms with van der Waals surface area (Å²) >= 11 is 0. The van der Waals surface area contributed by atoms with Crippen LogP contribution in [0.5, 0.6) is 0 Å². The van der Waals surface area contributed by atoms with Crippen LogP contribution in [0.3, 0.4) is 0 Å². The molecule has 6 heteroatoms. The van der Waals surface area contributed by atoms with E-state index in [1.807, 2.05) is 0 Å². The van der Waals surface area contributed by atoms with Crippen LogP contribution in [0.25, 0.3) is 0 Å². The maximum atomic E-state index is 11.8. The van der Waals surface area contributed by atoms with Gasteiger partial charge in [0.05, 0.1) is 17.7 Å². The quantitative estimate of drug-likeness (QED) is 0.654. The standard InChI is InChI=1S/C11H14N3O3/c1-11(2,6-15)14-10(17)7-3-4-13-8(5-7)9(12)16/h3-4,15H,6H2,1-2H3,(H2,12,16)(H,14,17). The number of pyridine rings is 1. The van der Waals surface area contributed by atoms with E-state index in [1.54, 1.807) is 13.8 Å². The third-order valence-corrected chi connectivity index (χ3v) is 2.02. The number of primary amides is 1. The summed E-state index contributed by atoms with van der Waals surface area (Å²) in [6.07, 6.45) is 1.30. The lowest BCUT2D eigenvalue weighted by molar-refractivity contribution is 0.0869. The van der Waals surface area contributed by atoms with E-state index >= 15 is 0 Å². The van der Waals surface area contributed by atoms with Crippen molar-refractivity contribution in [2.45, 2.75) is 19.4 Å². The molecular weight excluding hydrogens is 222 g/mol. The van der Waals surface area contributed by atoms with E-state index in [1.165, 1.54) is 12.3 Å². The molecule has 0 aliphatic heterocycles. The monoisotopic (exact) mass is 236 g/mol. The minimum atomic E-state index is -0.749. The molecule has 0 aliphatic rings. The van der Waals surface area contributed by atoms with Crippen LogP contribution >= 0.6 is 0 Å². The lowest BCUT2D eigenvalue weighted by Crippen LogP contribution is -2.46. The van der Waals surface area contributed by atoms with E-state index in [0.717, 1.165) is 0 Å². The van der Waals surface area contributed by atoms with Crippen LogP contribution in [0.2, 0.25) is 0 Å². The molecule has 2 amide bonds. The van der Waals surface area contributed by atoms with Gasteiger partial charge in [0.15, 0.2) is 0 Å². The lowest BCUT2D eigenvalue weighted by Gasteiger charge is -2.23. The van der Waals surface area contributed by atoms with Gasteiger partial charge in [0.2, 0.25) is 0 Å². The van der Waals surface area contributed by atoms with Crippen LogP contribution in [0.1, 0.15) is 34.7 Å². The van der Waals surface area contributed by atoms with Crippen LogP contribution in [0.4, 0.5) is 0 Å². The van der Waals surface area contributed by atoms with E-state index < -0.39 is 17.4 Å². The maximum absolute atomic E-state index is 11.8. The lowest BCUT2D eigenvalue weighted by atomic mass is 10.1. The van der Waals surface area contributed by atoms with E-state index in [0.29, 0.717) is 0 Å². The molecule has 1 aromatic heterocycles. The highest BCUT2D eigenvalue weighted by Crippen LogP contribution is 2.05. The maximum Gasteiger partial charge on any atom is 0.267 e. The second kappa shape index (κ2) is 4.92. The summed E-state index contributed by atoms with van der Waals surface area (Å²) in [4.78, 5) is 26.3. The predicted octanol–water partition coefficient (Wildman–Crippen LogP) is -0.519. The van der Waals surface area contributed by atoms with Crippen LogP contribution in [-0.2, 0) is 0 Å². The molecular formula is C11H14N3O3. The van der Waals surface area contributed by atoms with Gasteiger partial charge in [-0.3, -0.25) is 14.6 Å². The zero-order valence-corrected chi connectivity index (χ0v) is 9.65. The van der Waals surface area contributed by atoms with Crippen LogP contribution in [-0.4, -0.2) is 34.1 Å². The number of aliphatic hydroxyl groups excluding tert-OH is 1. The fourth-order valence-corrected chi connectivity index (χ4v) is 1.06. The topological polar surface area (TPSA) is 105 Å². The second-order valence-corrected chi connectivity index (χ2v) is 4.19. The smallest absolute Gasteiger partial charge is 0.267 e. The second-order valence-electron chi connectivity index (χ2n) is 4.19. The minimum Gasteiger partial charge on any atom is -0.394 e. The van der Waals surface area contributed by atoms with E-state index in [4.69, 9.17) is 10.8 Å². The minimum absolute atomic E-state index is 0.0977. The number of rotatable bonds is 4. The number of amides is 2. The van der Waals surface area contributed by atoms with Gasteiger partial charge in [-0.2, -0.15) is 0 Å². The van der Waals surface area contributed by atoms with Gasteiger partial charge in [-0.15, -0.1) is 0 Å². The molecule has 0 bridgehead atoms. The Hall–Kier alpha value is -1.95. The van der Waals surface area contributed by atoms with Gasteiger partial charge in [0.25, 0.3) is 11.8 Å². The molecule has 91 valence electrons. The first-order chi connectivity index (χ1) is 7.85. The summed E-state index contributed by atoms with van der Waals surface area (Å²) in [5, 5.41) is 11.6. The zero-order chi connectivity index (χ0) is 13.1. The molecule has 0 unspecified atom stereocenters. The molecule has 0 aromatic carbocycles. The summed E-state index contributed by atoms with van der Waals surface area (Å²) in [5.74, 6) is -1.20. The Morgan fingerprint density at radius 2 is 2.24 bits per heavy atom. The SMILES string of the molecule is CC(C)(CO)NC(=O)c1[c]c(C(N)=O)ncc1. The Kier molecular flexibility index (Phi) is 3.80. The molecule has 0 fully saturated rings. The van der Waals surface area contributed by atoms with Crippen molar-refractivity contribution < 1.29 is 14.7 Å². The molecule has 0 spiro atoms. The Bertz CT molecular complexity index is 443. The summed E-state index contributed by atoms with van der Waals surface area (Å²) < 4.78 is 0. The molecule has 6 nitrogen and oxygen atoms in total. The molecule has 4 N–H and O–H groups in total. The van der Waals surface area contributed by atoms with Gasteiger partial charge in [-0.05, 0) is 19.9 Å². The van der Waals surface area contributed by atoms with Crippen LogP contribution < -0.4 is 11.1 Å². The molecule has 1 radical (unpaired) electrons. The molecule has 1 aromatic rings. The molecule has 1 rings (SSSR count). The van der Waals surface area contributed by atoms with E-state index in [-0.39, 0.29) is 17.9 Å². The number of hydrogen-bond acceptors (Lipinski definition) is 4. The fraction of sp³-hybridized carbons (Fsp3) is 0.364. The van der Waals surface area contributed by atoms with Crippen molar-refractivity contribution in [3.63, 3.8) is 0 Å². The number of nitrogens with two attached hydrogens (primary N) is 1. The number of nitrogens with zero attached hydrogens (tertiary/aromatic N) is 1. The number of aromatic nitrogens is 1. The number of carbonyl (C=O) groups is 2. The summed E-state index contributed by atoms with van der Waals surface area (Å²) in [6, 6.07) is 3.92. The predicted molar refractivity (Wildman–Crippen MR) is 60.2 cm³/mol. The molecule has 1 heterocycles. The first-order valence-corrected chi connectivity index (χ1v) is 4.97. The highest BCUT2D eigenvalue weighted by atomic mass is 16.3. The van der Waals surface area contributed by atoms with Crippen molar-refractivity contribution >= 4 is 11.8 Å². The highest BCUT2D eigenvalue weighted by molar-refractivity contribution is 5.97. The van der Waals surface area contributed by atoms with Crippen molar-refractivity contribution in [2.75, 3.05) is 6.61 Å². The largest absolute Gasteiger partial charge is 0.394 e. The first-order valence-electron chi connectivity index (χ1n) is 4.97. The van der Waals surface area contributed by atoms with Crippen molar-refractivity contribution in [2.24, 2.45) is 5.73 Å². The van der Waals surface area contributed by atoms with Gasteiger partial charge in [0.1, 0.15) is 5.69 Å². The Labute approximate surface area is 98.8 Å².